The predicted octanol–water partition coefficient (Wildman–Crippen LogP) is 1.51. The van der Waals surface area contributed by atoms with E-state index in [0.717, 1.165) is 24.9 Å². The summed E-state index contributed by atoms with van der Waals surface area (Å²) in [4.78, 5) is 0. The van der Waals surface area contributed by atoms with E-state index in [2.05, 4.69) is 10.5 Å². The number of amidine groups is 1. The standard InChI is InChI=1S/C15H25N3O2/c1-12(11-19)6-5-9-17-10-14(15(16)18-20)13-7-3-2-4-8-13/h2-4,7-8,12,14,17,19-20H,5-6,9-11H2,1H3,(H2,16,18). The first-order valence-electron chi connectivity index (χ1n) is 7.03. The largest absolute Gasteiger partial charge is 0.409 e. The third kappa shape index (κ3) is 5.59. The molecule has 0 radical (unpaired) electrons. The molecule has 0 aliphatic carbocycles. The molecule has 2 atom stereocenters. The van der Waals surface area contributed by atoms with Crippen LogP contribution in [0.15, 0.2) is 35.5 Å². The Morgan fingerprint density at radius 1 is 1.35 bits per heavy atom. The van der Waals surface area contributed by atoms with Gasteiger partial charge in [-0.2, -0.15) is 0 Å². The lowest BCUT2D eigenvalue weighted by Crippen LogP contribution is -2.32. The summed E-state index contributed by atoms with van der Waals surface area (Å²) >= 11 is 0. The molecule has 1 rings (SSSR count). The molecule has 1 aromatic carbocycles. The molecule has 5 N–H and O–H groups in total. The second kappa shape index (κ2) is 9.34. The van der Waals surface area contributed by atoms with Crippen LogP contribution in [0, 0.1) is 5.92 Å². The van der Waals surface area contributed by atoms with Crippen molar-refractivity contribution in [3.8, 4) is 0 Å². The number of benzene rings is 1. The third-order valence-electron chi connectivity index (χ3n) is 3.39. The number of nitrogens with two attached hydrogens (primary N) is 1. The Hall–Kier alpha value is -1.59. The first-order chi connectivity index (χ1) is 9.69. The summed E-state index contributed by atoms with van der Waals surface area (Å²) in [6.07, 6.45) is 1.99. The molecule has 0 saturated carbocycles. The minimum atomic E-state index is -0.128. The van der Waals surface area contributed by atoms with E-state index >= 15 is 0 Å². The van der Waals surface area contributed by atoms with Gasteiger partial charge < -0.3 is 21.4 Å². The molecule has 0 aliphatic rings. The van der Waals surface area contributed by atoms with E-state index < -0.39 is 0 Å². The predicted molar refractivity (Wildman–Crippen MR) is 80.9 cm³/mol. The smallest absolute Gasteiger partial charge is 0.147 e. The van der Waals surface area contributed by atoms with E-state index in [1.807, 2.05) is 37.3 Å². The number of aliphatic hydroxyl groups is 1. The van der Waals surface area contributed by atoms with Crippen LogP contribution in [0.1, 0.15) is 31.2 Å². The molecular formula is C15H25N3O2. The molecule has 0 amide bonds. The highest BCUT2D eigenvalue weighted by Crippen LogP contribution is 2.14. The van der Waals surface area contributed by atoms with Gasteiger partial charge in [-0.05, 0) is 30.9 Å². The maximum atomic E-state index is 8.95. The highest BCUT2D eigenvalue weighted by Gasteiger charge is 2.15. The van der Waals surface area contributed by atoms with E-state index in [1.54, 1.807) is 0 Å². The molecule has 5 heteroatoms. The topological polar surface area (TPSA) is 90.9 Å². The van der Waals surface area contributed by atoms with Gasteiger partial charge in [-0.3, -0.25) is 0 Å². The fraction of sp³-hybridized carbons (Fsp3) is 0.533. The number of hydrogen-bond donors (Lipinski definition) is 4. The van der Waals surface area contributed by atoms with E-state index in [-0.39, 0.29) is 18.4 Å². The molecule has 2 unspecified atom stereocenters. The second-order valence-corrected chi connectivity index (χ2v) is 5.12. The van der Waals surface area contributed by atoms with Crippen LogP contribution in [0.3, 0.4) is 0 Å². The zero-order valence-electron chi connectivity index (χ0n) is 12.0. The van der Waals surface area contributed by atoms with Crippen molar-refractivity contribution < 1.29 is 10.3 Å². The summed E-state index contributed by atoms with van der Waals surface area (Å²) in [6, 6.07) is 9.76. The van der Waals surface area contributed by atoms with Crippen molar-refractivity contribution >= 4 is 5.84 Å². The van der Waals surface area contributed by atoms with Crippen molar-refractivity contribution in [2.24, 2.45) is 16.8 Å². The number of oxime groups is 1. The van der Waals surface area contributed by atoms with Crippen molar-refractivity contribution in [2.45, 2.75) is 25.7 Å². The van der Waals surface area contributed by atoms with Crippen LogP contribution in [0.25, 0.3) is 0 Å². The zero-order chi connectivity index (χ0) is 14.8. The van der Waals surface area contributed by atoms with Crippen molar-refractivity contribution in [1.29, 1.82) is 0 Å². The minimum absolute atomic E-state index is 0.128. The molecule has 0 saturated heterocycles. The molecule has 20 heavy (non-hydrogen) atoms. The number of nitrogens with zero attached hydrogens (tertiary/aromatic N) is 1. The molecule has 0 spiro atoms. The third-order valence-corrected chi connectivity index (χ3v) is 3.39. The summed E-state index contributed by atoms with van der Waals surface area (Å²) in [7, 11) is 0. The average molecular weight is 279 g/mol. The van der Waals surface area contributed by atoms with Crippen molar-refractivity contribution in [2.75, 3.05) is 19.7 Å². The summed E-state index contributed by atoms with van der Waals surface area (Å²) in [5.74, 6) is 0.426. The summed E-state index contributed by atoms with van der Waals surface area (Å²) in [5, 5.41) is 24.3. The van der Waals surface area contributed by atoms with Gasteiger partial charge in [-0.15, -0.1) is 0 Å². The molecule has 0 aromatic heterocycles. The Bertz CT molecular complexity index is 395. The van der Waals surface area contributed by atoms with Gasteiger partial charge in [0.05, 0.1) is 5.92 Å². The van der Waals surface area contributed by atoms with Gasteiger partial charge in [0.1, 0.15) is 5.84 Å². The van der Waals surface area contributed by atoms with Gasteiger partial charge in [0, 0.05) is 13.2 Å². The number of nitrogens with one attached hydrogen (secondary N) is 1. The minimum Gasteiger partial charge on any atom is -0.409 e. The van der Waals surface area contributed by atoms with Crippen LogP contribution in [0.4, 0.5) is 0 Å². The fourth-order valence-electron chi connectivity index (χ4n) is 2.06. The lowest BCUT2D eigenvalue weighted by Gasteiger charge is -2.17. The molecule has 5 nitrogen and oxygen atoms in total. The number of rotatable bonds is 9. The summed E-state index contributed by atoms with van der Waals surface area (Å²) in [5.41, 5.74) is 6.79. The highest BCUT2D eigenvalue weighted by molar-refractivity contribution is 5.87. The lowest BCUT2D eigenvalue weighted by atomic mass is 9.98. The van der Waals surface area contributed by atoms with Gasteiger partial charge >= 0.3 is 0 Å². The number of aliphatic hydroxyl groups excluding tert-OH is 1. The van der Waals surface area contributed by atoms with E-state index in [9.17, 15) is 0 Å². The first kappa shape index (κ1) is 16.5. The van der Waals surface area contributed by atoms with Crippen LogP contribution < -0.4 is 11.1 Å². The highest BCUT2D eigenvalue weighted by atomic mass is 16.4. The van der Waals surface area contributed by atoms with E-state index in [4.69, 9.17) is 16.0 Å². The van der Waals surface area contributed by atoms with Crippen LogP contribution in [-0.4, -0.2) is 35.8 Å². The van der Waals surface area contributed by atoms with Gasteiger partial charge in [0.15, 0.2) is 0 Å². The van der Waals surface area contributed by atoms with E-state index in [1.165, 1.54) is 0 Å². The Kier molecular flexibility index (Phi) is 7.69. The Morgan fingerprint density at radius 2 is 2.05 bits per heavy atom. The second-order valence-electron chi connectivity index (χ2n) is 5.12. The van der Waals surface area contributed by atoms with Crippen LogP contribution in [0.5, 0.6) is 0 Å². The SMILES string of the molecule is CC(CO)CCCNCC(/C(N)=N/O)c1ccccc1. The molecule has 112 valence electrons. The summed E-state index contributed by atoms with van der Waals surface area (Å²) < 4.78 is 0. The molecule has 0 fully saturated rings. The first-order valence-corrected chi connectivity index (χ1v) is 7.03. The lowest BCUT2D eigenvalue weighted by molar-refractivity contribution is 0.228. The Labute approximate surface area is 120 Å². The van der Waals surface area contributed by atoms with Gasteiger partial charge in [0.2, 0.25) is 0 Å². The maximum Gasteiger partial charge on any atom is 0.147 e. The van der Waals surface area contributed by atoms with Crippen molar-refractivity contribution in [3.63, 3.8) is 0 Å². The maximum absolute atomic E-state index is 8.95. The van der Waals surface area contributed by atoms with Gasteiger partial charge in [-0.1, -0.05) is 42.4 Å². The van der Waals surface area contributed by atoms with Crippen molar-refractivity contribution in [3.05, 3.63) is 35.9 Å². The van der Waals surface area contributed by atoms with Crippen molar-refractivity contribution in [1.82, 2.24) is 5.32 Å². The van der Waals surface area contributed by atoms with Crippen LogP contribution >= 0.6 is 0 Å². The van der Waals surface area contributed by atoms with Crippen LogP contribution in [0.2, 0.25) is 0 Å². The van der Waals surface area contributed by atoms with E-state index in [0.29, 0.717) is 12.5 Å². The summed E-state index contributed by atoms with van der Waals surface area (Å²) in [6.45, 7) is 3.75. The molecule has 1 aromatic rings. The molecule has 0 aliphatic heterocycles. The Morgan fingerprint density at radius 3 is 2.65 bits per heavy atom. The zero-order valence-corrected chi connectivity index (χ0v) is 12.0. The monoisotopic (exact) mass is 279 g/mol. The van der Waals surface area contributed by atoms with Gasteiger partial charge in [0.25, 0.3) is 0 Å². The van der Waals surface area contributed by atoms with Crippen LogP contribution in [-0.2, 0) is 0 Å². The number of hydrogen-bond acceptors (Lipinski definition) is 4. The Balaban J connectivity index is 2.43. The quantitative estimate of drug-likeness (QED) is 0.181. The average Bonchev–Trinajstić information content (AvgIpc) is 2.50. The molecule has 0 bridgehead atoms. The molecule has 0 heterocycles. The fourth-order valence-corrected chi connectivity index (χ4v) is 2.06. The normalized spacial score (nSPS) is 15.0. The van der Waals surface area contributed by atoms with Gasteiger partial charge in [-0.25, -0.2) is 0 Å². The molecular weight excluding hydrogens is 254 g/mol.